The maximum atomic E-state index is 14.6. The molecule has 1 unspecified atom stereocenters. The van der Waals surface area contributed by atoms with Gasteiger partial charge in [-0.25, -0.2) is 14.2 Å². The van der Waals surface area contributed by atoms with Gasteiger partial charge in [-0.05, 0) is 67.2 Å². The van der Waals surface area contributed by atoms with Crippen LogP contribution in [-0.4, -0.2) is 23.5 Å². The SMILES string of the molecule is CC(NC(=O)COC(=O)c1c2c(nc3ccccc13)/C(=C\c1c(F)cccc1Cl)CCC2)c1ccccc1. The first kappa shape index (κ1) is 25.6. The third kappa shape index (κ3) is 5.31. The highest BCUT2D eigenvalue weighted by atomic mass is 35.5. The van der Waals surface area contributed by atoms with Crippen molar-refractivity contribution in [2.45, 2.75) is 32.2 Å². The van der Waals surface area contributed by atoms with Crippen molar-refractivity contribution < 1.29 is 18.7 Å². The van der Waals surface area contributed by atoms with Crippen molar-refractivity contribution in [2.24, 2.45) is 0 Å². The van der Waals surface area contributed by atoms with Crippen LogP contribution in [0.15, 0.2) is 72.8 Å². The molecule has 1 aliphatic carbocycles. The fraction of sp³-hybridized carbons (Fsp3) is 0.194. The van der Waals surface area contributed by atoms with Gasteiger partial charge in [0.2, 0.25) is 0 Å². The zero-order valence-electron chi connectivity index (χ0n) is 20.8. The van der Waals surface area contributed by atoms with E-state index in [0.717, 1.165) is 23.1 Å². The summed E-state index contributed by atoms with van der Waals surface area (Å²) in [7, 11) is 0. The molecule has 7 heteroatoms. The van der Waals surface area contributed by atoms with Crippen LogP contribution >= 0.6 is 11.6 Å². The summed E-state index contributed by atoms with van der Waals surface area (Å²) in [6.45, 7) is 1.46. The number of carbonyl (C=O) groups excluding carboxylic acids is 2. The Hall–Kier alpha value is -4.03. The molecule has 0 saturated carbocycles. The first-order valence-electron chi connectivity index (χ1n) is 12.5. The van der Waals surface area contributed by atoms with Crippen molar-refractivity contribution in [2.75, 3.05) is 6.61 Å². The molecule has 1 atom stereocenters. The minimum absolute atomic E-state index is 0.227. The Morgan fingerprint density at radius 1 is 1.05 bits per heavy atom. The van der Waals surface area contributed by atoms with Gasteiger partial charge in [-0.2, -0.15) is 0 Å². The van der Waals surface area contributed by atoms with E-state index in [1.807, 2.05) is 61.5 Å². The van der Waals surface area contributed by atoms with Crippen LogP contribution < -0.4 is 5.32 Å². The molecular weight excluding hydrogens is 503 g/mol. The van der Waals surface area contributed by atoms with Crippen molar-refractivity contribution in [1.82, 2.24) is 10.3 Å². The molecule has 0 fully saturated rings. The second kappa shape index (κ2) is 11.2. The van der Waals surface area contributed by atoms with Crippen molar-refractivity contribution in [3.05, 3.63) is 112 Å². The number of nitrogens with one attached hydrogen (secondary N) is 1. The Kier molecular flexibility index (Phi) is 7.52. The maximum absolute atomic E-state index is 14.6. The van der Waals surface area contributed by atoms with Crippen LogP contribution in [0.3, 0.4) is 0 Å². The second-order valence-corrected chi connectivity index (χ2v) is 9.67. The number of ether oxygens (including phenoxy) is 1. The van der Waals surface area contributed by atoms with Crippen LogP contribution in [0.4, 0.5) is 4.39 Å². The Bertz CT molecular complexity index is 1530. The van der Waals surface area contributed by atoms with Gasteiger partial charge >= 0.3 is 5.97 Å². The smallest absolute Gasteiger partial charge is 0.339 e. The van der Waals surface area contributed by atoms with Crippen LogP contribution in [0.1, 0.15) is 58.5 Å². The molecule has 3 aromatic carbocycles. The summed E-state index contributed by atoms with van der Waals surface area (Å²) in [5.41, 5.74) is 4.41. The van der Waals surface area contributed by atoms with Crippen LogP contribution in [0.5, 0.6) is 0 Å². The highest BCUT2D eigenvalue weighted by Crippen LogP contribution is 2.37. The van der Waals surface area contributed by atoms with E-state index in [-0.39, 0.29) is 6.04 Å². The first-order chi connectivity index (χ1) is 18.4. The number of allylic oxidation sites excluding steroid dienone is 1. The minimum atomic E-state index is -0.590. The number of amides is 1. The summed E-state index contributed by atoms with van der Waals surface area (Å²) < 4.78 is 20.1. The molecule has 1 N–H and O–H groups in total. The zero-order valence-corrected chi connectivity index (χ0v) is 21.6. The molecule has 0 bridgehead atoms. The molecule has 1 aliphatic rings. The Balaban J connectivity index is 1.45. The van der Waals surface area contributed by atoms with E-state index in [4.69, 9.17) is 21.3 Å². The molecule has 4 aromatic rings. The third-order valence-electron chi connectivity index (χ3n) is 6.70. The van der Waals surface area contributed by atoms with Crippen molar-refractivity contribution >= 4 is 46.0 Å². The van der Waals surface area contributed by atoms with Gasteiger partial charge in [-0.15, -0.1) is 0 Å². The number of nitrogens with zero attached hydrogens (tertiary/aromatic N) is 1. The summed E-state index contributed by atoms with van der Waals surface area (Å²) in [4.78, 5) is 30.9. The zero-order chi connectivity index (χ0) is 26.6. The number of aromatic nitrogens is 1. The summed E-state index contributed by atoms with van der Waals surface area (Å²) in [5, 5.41) is 3.82. The molecule has 0 spiro atoms. The molecule has 192 valence electrons. The number of hydrogen-bond acceptors (Lipinski definition) is 4. The predicted octanol–water partition coefficient (Wildman–Crippen LogP) is 6.94. The molecule has 0 radical (unpaired) electrons. The van der Waals surface area contributed by atoms with Gasteiger partial charge in [0.15, 0.2) is 6.61 Å². The topological polar surface area (TPSA) is 68.3 Å². The lowest BCUT2D eigenvalue weighted by molar-refractivity contribution is -0.124. The van der Waals surface area contributed by atoms with Gasteiger partial charge in [0.05, 0.1) is 27.8 Å². The molecule has 38 heavy (non-hydrogen) atoms. The normalized spacial score (nSPS) is 14.7. The van der Waals surface area contributed by atoms with E-state index in [1.165, 1.54) is 6.07 Å². The predicted molar refractivity (Wildman–Crippen MR) is 147 cm³/mol. The Morgan fingerprint density at radius 3 is 2.61 bits per heavy atom. The van der Waals surface area contributed by atoms with Crippen LogP contribution in [-0.2, 0) is 16.0 Å². The minimum Gasteiger partial charge on any atom is -0.452 e. The number of halogens is 2. The molecule has 1 aromatic heterocycles. The number of esters is 1. The summed E-state index contributed by atoms with van der Waals surface area (Å²) >= 11 is 6.28. The Morgan fingerprint density at radius 2 is 1.82 bits per heavy atom. The molecule has 1 heterocycles. The van der Waals surface area contributed by atoms with Gasteiger partial charge in [-0.3, -0.25) is 4.79 Å². The number of rotatable bonds is 6. The summed E-state index contributed by atoms with van der Waals surface area (Å²) in [6.07, 6.45) is 3.74. The maximum Gasteiger partial charge on any atom is 0.339 e. The van der Waals surface area contributed by atoms with E-state index in [2.05, 4.69) is 5.32 Å². The third-order valence-corrected chi connectivity index (χ3v) is 7.03. The lowest BCUT2D eigenvalue weighted by Gasteiger charge is -2.22. The van der Waals surface area contributed by atoms with E-state index < -0.39 is 24.3 Å². The Labute approximate surface area is 225 Å². The van der Waals surface area contributed by atoms with Gasteiger partial charge in [-0.1, -0.05) is 66.2 Å². The van der Waals surface area contributed by atoms with Crippen LogP contribution in [0.2, 0.25) is 5.02 Å². The average Bonchev–Trinajstić information content (AvgIpc) is 2.93. The molecule has 5 rings (SSSR count). The van der Waals surface area contributed by atoms with Gasteiger partial charge in [0.25, 0.3) is 5.91 Å². The highest BCUT2D eigenvalue weighted by Gasteiger charge is 2.27. The van der Waals surface area contributed by atoms with E-state index in [0.29, 0.717) is 45.6 Å². The molecule has 0 saturated heterocycles. The van der Waals surface area contributed by atoms with Crippen molar-refractivity contribution in [3.8, 4) is 0 Å². The van der Waals surface area contributed by atoms with Crippen LogP contribution in [0.25, 0.3) is 22.6 Å². The first-order valence-corrected chi connectivity index (χ1v) is 12.9. The van der Waals surface area contributed by atoms with Crippen molar-refractivity contribution in [3.63, 3.8) is 0 Å². The number of hydrogen-bond donors (Lipinski definition) is 1. The number of para-hydroxylation sites is 1. The number of fused-ring (bicyclic) bond motifs is 2. The van der Waals surface area contributed by atoms with Crippen LogP contribution in [0, 0.1) is 5.82 Å². The van der Waals surface area contributed by atoms with Gasteiger partial charge in [0.1, 0.15) is 5.82 Å². The standard InChI is InChI=1S/C31H26ClFN2O3/c1-19(20-9-3-2-4-10-20)34-28(36)18-38-31(37)29-22-12-5-6-16-27(22)35-30-21(11-7-13-23(29)30)17-24-25(32)14-8-15-26(24)33/h2-6,8-10,12,14-17,19H,7,11,13,18H2,1H3,(H,34,36)/b21-17-. The molecule has 1 amide bonds. The fourth-order valence-electron chi connectivity index (χ4n) is 4.84. The second-order valence-electron chi connectivity index (χ2n) is 9.27. The summed E-state index contributed by atoms with van der Waals surface area (Å²) in [6, 6.07) is 21.2. The van der Waals surface area contributed by atoms with Gasteiger partial charge < -0.3 is 10.1 Å². The van der Waals surface area contributed by atoms with Gasteiger partial charge in [0, 0.05) is 10.9 Å². The quantitative estimate of drug-likeness (QED) is 0.275. The largest absolute Gasteiger partial charge is 0.452 e. The van der Waals surface area contributed by atoms with E-state index in [9.17, 15) is 14.0 Å². The van der Waals surface area contributed by atoms with E-state index in [1.54, 1.807) is 18.2 Å². The lowest BCUT2D eigenvalue weighted by atomic mass is 9.86. The molecule has 0 aliphatic heterocycles. The monoisotopic (exact) mass is 528 g/mol. The highest BCUT2D eigenvalue weighted by molar-refractivity contribution is 6.32. The summed E-state index contributed by atoms with van der Waals surface area (Å²) in [5.74, 6) is -1.41. The lowest BCUT2D eigenvalue weighted by Crippen LogP contribution is -2.31. The number of benzene rings is 3. The number of pyridine rings is 1. The number of carbonyl (C=O) groups is 2. The van der Waals surface area contributed by atoms with E-state index >= 15 is 0 Å². The fourth-order valence-corrected chi connectivity index (χ4v) is 5.06. The van der Waals surface area contributed by atoms with Crippen molar-refractivity contribution in [1.29, 1.82) is 0 Å². The molecular formula is C31H26ClFN2O3. The average molecular weight is 529 g/mol. The molecule has 5 nitrogen and oxygen atoms in total.